The molecule has 0 unspecified atom stereocenters. The van der Waals surface area contributed by atoms with Gasteiger partial charge in [0, 0.05) is 16.7 Å². The molecule has 124 valence electrons. The van der Waals surface area contributed by atoms with Crippen LogP contribution in [0.15, 0.2) is 33.9 Å². The first-order chi connectivity index (χ1) is 11.1. The highest BCUT2D eigenvalue weighted by Crippen LogP contribution is 2.20. The van der Waals surface area contributed by atoms with Crippen molar-refractivity contribution >= 4 is 51.0 Å². The van der Waals surface area contributed by atoms with Crippen molar-refractivity contribution < 1.29 is 4.79 Å². The quantitative estimate of drug-likeness (QED) is 0.660. The normalized spacial score (nSPS) is 10.7. The molecule has 1 N–H and O–H groups in total. The minimum absolute atomic E-state index is 0.0486. The Labute approximate surface area is 153 Å². The Morgan fingerprint density at radius 1 is 1.26 bits per heavy atom. The van der Waals surface area contributed by atoms with E-state index in [1.165, 1.54) is 11.8 Å². The summed E-state index contributed by atoms with van der Waals surface area (Å²) in [5.41, 5.74) is 0.788. The predicted molar refractivity (Wildman–Crippen MR) is 101 cm³/mol. The Kier molecular flexibility index (Phi) is 7.45. The maximum absolute atomic E-state index is 12.0. The van der Waals surface area contributed by atoms with Crippen molar-refractivity contribution in [3.05, 3.63) is 34.6 Å². The Balaban J connectivity index is 1.91. The fraction of sp³-hybridized carbons (Fsp3) is 0.400. The summed E-state index contributed by atoms with van der Waals surface area (Å²) in [4.78, 5) is 12.0. The van der Waals surface area contributed by atoms with E-state index in [9.17, 15) is 4.79 Å². The lowest BCUT2D eigenvalue weighted by molar-refractivity contribution is -0.113. The van der Waals surface area contributed by atoms with Gasteiger partial charge in [-0.1, -0.05) is 34.6 Å². The zero-order chi connectivity index (χ0) is 16.7. The molecular formula is C15H19BrN4OS2. The first-order valence-corrected chi connectivity index (χ1v) is 10.2. The Morgan fingerprint density at radius 2 is 2.00 bits per heavy atom. The van der Waals surface area contributed by atoms with E-state index in [2.05, 4.69) is 49.9 Å². The Hall–Kier alpha value is -0.990. The van der Waals surface area contributed by atoms with Gasteiger partial charge in [0.15, 0.2) is 5.16 Å². The largest absolute Gasteiger partial charge is 0.325 e. The maximum Gasteiger partial charge on any atom is 0.234 e. The Bertz CT molecular complexity index is 645. The van der Waals surface area contributed by atoms with Gasteiger partial charge in [-0.25, -0.2) is 0 Å². The zero-order valence-electron chi connectivity index (χ0n) is 13.1. The van der Waals surface area contributed by atoms with E-state index in [0.717, 1.165) is 39.2 Å². The summed E-state index contributed by atoms with van der Waals surface area (Å²) in [5.74, 6) is 3.13. The molecule has 0 saturated carbocycles. The highest BCUT2D eigenvalue weighted by molar-refractivity contribution is 9.10. The SMILES string of the molecule is CCSCc1nnc(SCC(=O)Nc2ccc(Br)cc2)n1CC. The number of nitrogens with zero attached hydrogens (tertiary/aromatic N) is 3. The molecule has 1 amide bonds. The highest BCUT2D eigenvalue weighted by Gasteiger charge is 2.13. The van der Waals surface area contributed by atoms with E-state index in [1.54, 1.807) is 0 Å². The molecule has 0 radical (unpaired) electrons. The first-order valence-electron chi connectivity index (χ1n) is 7.32. The molecule has 5 nitrogen and oxygen atoms in total. The monoisotopic (exact) mass is 414 g/mol. The van der Waals surface area contributed by atoms with Crippen LogP contribution in [0.4, 0.5) is 5.69 Å². The smallest absolute Gasteiger partial charge is 0.234 e. The number of hydrogen-bond donors (Lipinski definition) is 1. The van der Waals surface area contributed by atoms with Crippen molar-refractivity contribution in [2.75, 3.05) is 16.8 Å². The predicted octanol–water partition coefficient (Wildman–Crippen LogP) is 4.04. The molecule has 2 rings (SSSR count). The van der Waals surface area contributed by atoms with Crippen molar-refractivity contribution in [1.82, 2.24) is 14.8 Å². The van der Waals surface area contributed by atoms with Crippen LogP contribution in [0.3, 0.4) is 0 Å². The average Bonchev–Trinajstić information content (AvgIpc) is 2.95. The molecule has 0 aliphatic rings. The van der Waals surface area contributed by atoms with Gasteiger partial charge in [-0.2, -0.15) is 11.8 Å². The highest BCUT2D eigenvalue weighted by atomic mass is 79.9. The number of hydrogen-bond acceptors (Lipinski definition) is 5. The number of halogens is 1. The molecule has 1 aromatic heterocycles. The summed E-state index contributed by atoms with van der Waals surface area (Å²) in [6, 6.07) is 7.52. The van der Waals surface area contributed by atoms with E-state index in [0.29, 0.717) is 5.75 Å². The van der Waals surface area contributed by atoms with Gasteiger partial charge in [0.2, 0.25) is 5.91 Å². The van der Waals surface area contributed by atoms with Gasteiger partial charge in [0.05, 0.1) is 11.5 Å². The number of rotatable bonds is 8. The van der Waals surface area contributed by atoms with Gasteiger partial charge < -0.3 is 9.88 Å². The van der Waals surface area contributed by atoms with Crippen molar-refractivity contribution in [2.45, 2.75) is 31.3 Å². The molecule has 0 saturated heterocycles. The van der Waals surface area contributed by atoms with Crippen LogP contribution in [-0.2, 0) is 17.1 Å². The van der Waals surface area contributed by atoms with Gasteiger partial charge in [-0.3, -0.25) is 4.79 Å². The van der Waals surface area contributed by atoms with Crippen LogP contribution in [0.25, 0.3) is 0 Å². The molecule has 23 heavy (non-hydrogen) atoms. The molecule has 1 heterocycles. The van der Waals surface area contributed by atoms with Gasteiger partial charge in [0.1, 0.15) is 5.82 Å². The molecule has 0 aliphatic heterocycles. The van der Waals surface area contributed by atoms with Gasteiger partial charge in [-0.15, -0.1) is 10.2 Å². The third-order valence-corrected chi connectivity index (χ3v) is 5.37. The van der Waals surface area contributed by atoms with Crippen LogP contribution in [0.2, 0.25) is 0 Å². The van der Waals surface area contributed by atoms with E-state index in [1.807, 2.05) is 36.0 Å². The van der Waals surface area contributed by atoms with Crippen molar-refractivity contribution in [3.8, 4) is 0 Å². The zero-order valence-corrected chi connectivity index (χ0v) is 16.3. The second-order valence-corrected chi connectivity index (χ2v) is 7.76. The molecule has 0 spiro atoms. The molecular weight excluding hydrogens is 396 g/mol. The van der Waals surface area contributed by atoms with Gasteiger partial charge in [0.25, 0.3) is 0 Å². The van der Waals surface area contributed by atoms with E-state index in [4.69, 9.17) is 0 Å². The number of carbonyl (C=O) groups is 1. The number of benzene rings is 1. The van der Waals surface area contributed by atoms with Crippen LogP contribution in [0.5, 0.6) is 0 Å². The summed E-state index contributed by atoms with van der Waals surface area (Å²) < 4.78 is 3.05. The van der Waals surface area contributed by atoms with E-state index < -0.39 is 0 Å². The molecule has 0 bridgehead atoms. The number of thioether (sulfide) groups is 2. The second-order valence-electron chi connectivity index (χ2n) is 4.62. The number of nitrogens with one attached hydrogen (secondary N) is 1. The van der Waals surface area contributed by atoms with Crippen LogP contribution in [0.1, 0.15) is 19.7 Å². The average molecular weight is 415 g/mol. The van der Waals surface area contributed by atoms with Crippen LogP contribution in [0, 0.1) is 0 Å². The fourth-order valence-electron chi connectivity index (χ4n) is 1.90. The third-order valence-electron chi connectivity index (χ3n) is 3.01. The minimum atomic E-state index is -0.0486. The lowest BCUT2D eigenvalue weighted by atomic mass is 10.3. The summed E-state index contributed by atoms with van der Waals surface area (Å²) in [6.45, 7) is 5.00. The van der Waals surface area contributed by atoms with Crippen molar-refractivity contribution in [3.63, 3.8) is 0 Å². The Morgan fingerprint density at radius 3 is 2.65 bits per heavy atom. The van der Waals surface area contributed by atoms with Crippen LogP contribution >= 0.6 is 39.5 Å². The lowest BCUT2D eigenvalue weighted by Gasteiger charge is -2.07. The minimum Gasteiger partial charge on any atom is -0.325 e. The van der Waals surface area contributed by atoms with Gasteiger partial charge >= 0.3 is 0 Å². The van der Waals surface area contributed by atoms with E-state index in [-0.39, 0.29) is 5.91 Å². The second kappa shape index (κ2) is 9.34. The topological polar surface area (TPSA) is 59.8 Å². The van der Waals surface area contributed by atoms with E-state index >= 15 is 0 Å². The third kappa shape index (κ3) is 5.54. The van der Waals surface area contributed by atoms with Crippen LogP contribution < -0.4 is 5.32 Å². The number of anilines is 1. The fourth-order valence-corrected chi connectivity index (χ4v) is 3.59. The number of amides is 1. The first kappa shape index (κ1) is 18.4. The number of carbonyl (C=O) groups excluding carboxylic acids is 1. The molecule has 2 aromatic rings. The summed E-state index contributed by atoms with van der Waals surface area (Å²) >= 11 is 6.60. The standard InChI is InChI=1S/C15H19BrN4OS2/c1-3-20-13(9-22-4-2)18-19-15(20)23-10-14(21)17-12-7-5-11(16)6-8-12/h5-8H,3-4,9-10H2,1-2H3,(H,17,21). The molecule has 0 fully saturated rings. The number of aromatic nitrogens is 3. The van der Waals surface area contributed by atoms with Crippen molar-refractivity contribution in [1.29, 1.82) is 0 Å². The van der Waals surface area contributed by atoms with Crippen molar-refractivity contribution in [2.24, 2.45) is 0 Å². The summed E-state index contributed by atoms with van der Waals surface area (Å²) in [5, 5.41) is 12.1. The van der Waals surface area contributed by atoms with Crippen LogP contribution in [-0.4, -0.2) is 32.2 Å². The summed E-state index contributed by atoms with van der Waals surface area (Å²) in [7, 11) is 0. The molecule has 0 aliphatic carbocycles. The molecule has 1 aromatic carbocycles. The molecule has 0 atom stereocenters. The maximum atomic E-state index is 12.0. The molecule has 8 heteroatoms. The van der Waals surface area contributed by atoms with Gasteiger partial charge in [-0.05, 0) is 36.9 Å². The lowest BCUT2D eigenvalue weighted by Crippen LogP contribution is -2.14. The summed E-state index contributed by atoms with van der Waals surface area (Å²) in [6.07, 6.45) is 0.